The average Bonchev–Trinajstić information content (AvgIpc) is 2.17. The second-order valence-electron chi connectivity index (χ2n) is 1.18. The van der Waals surface area contributed by atoms with Crippen molar-refractivity contribution in [3.05, 3.63) is 5.28 Å². The molecule has 1 aromatic heterocycles. The summed E-state index contributed by atoms with van der Waals surface area (Å²) in [6.07, 6.45) is 0. The van der Waals surface area contributed by atoms with E-state index in [9.17, 15) is 0 Å². The minimum absolute atomic E-state index is 0.312. The number of aromatic nitrogens is 2. The first kappa shape index (κ1) is 7.49. The number of halogens is 2. The minimum Gasteiger partial charge on any atom is -0.351 e. The molecular formula is C3H3ClIN3S. The maximum atomic E-state index is 5.44. The molecule has 0 aliphatic carbocycles. The summed E-state index contributed by atoms with van der Waals surface area (Å²) < 4.78 is 4.59. The van der Waals surface area contributed by atoms with Crippen LogP contribution < -0.4 is 5.32 Å². The van der Waals surface area contributed by atoms with Crippen LogP contribution >= 0.6 is 45.7 Å². The quantitative estimate of drug-likeness (QED) is 0.510. The third kappa shape index (κ3) is 2.23. The van der Waals surface area contributed by atoms with Gasteiger partial charge in [0.05, 0.1) is 4.55 Å². The molecule has 0 saturated carbocycles. The molecule has 0 fully saturated rings. The van der Waals surface area contributed by atoms with Crippen molar-refractivity contribution in [3.8, 4) is 0 Å². The van der Waals surface area contributed by atoms with E-state index in [1.807, 2.05) is 0 Å². The standard InChI is InChI=1S/C3H3ClIN3S/c4-2-7-3(6-1-5)9-8-2/h1H2,(H,6,7,8). The van der Waals surface area contributed by atoms with E-state index >= 15 is 0 Å². The van der Waals surface area contributed by atoms with Gasteiger partial charge in [-0.3, -0.25) is 0 Å². The molecule has 0 amide bonds. The van der Waals surface area contributed by atoms with Gasteiger partial charge in [0.25, 0.3) is 0 Å². The van der Waals surface area contributed by atoms with Gasteiger partial charge in [0.1, 0.15) is 0 Å². The van der Waals surface area contributed by atoms with Crippen molar-refractivity contribution in [3.63, 3.8) is 0 Å². The highest BCUT2D eigenvalue weighted by atomic mass is 127. The monoisotopic (exact) mass is 275 g/mol. The zero-order valence-electron chi connectivity index (χ0n) is 4.27. The van der Waals surface area contributed by atoms with Crippen LogP contribution in [0.25, 0.3) is 0 Å². The zero-order valence-corrected chi connectivity index (χ0v) is 8.00. The molecule has 0 radical (unpaired) electrons. The van der Waals surface area contributed by atoms with Gasteiger partial charge >= 0.3 is 0 Å². The van der Waals surface area contributed by atoms with E-state index in [0.29, 0.717) is 5.28 Å². The first-order valence-electron chi connectivity index (χ1n) is 2.12. The molecule has 0 aliphatic rings. The fourth-order valence-electron chi connectivity index (χ4n) is 0.334. The van der Waals surface area contributed by atoms with Gasteiger partial charge in [-0.1, -0.05) is 22.6 Å². The smallest absolute Gasteiger partial charge is 0.236 e. The molecule has 1 N–H and O–H groups in total. The highest BCUT2D eigenvalue weighted by molar-refractivity contribution is 14.1. The lowest BCUT2D eigenvalue weighted by Crippen LogP contribution is -1.91. The highest BCUT2D eigenvalue weighted by Gasteiger charge is 1.96. The summed E-state index contributed by atoms with van der Waals surface area (Å²) in [7, 11) is 0. The van der Waals surface area contributed by atoms with Gasteiger partial charge in [-0.05, 0) is 11.6 Å². The topological polar surface area (TPSA) is 37.8 Å². The molecule has 50 valence electrons. The van der Waals surface area contributed by atoms with Gasteiger partial charge in [-0.2, -0.15) is 9.36 Å². The van der Waals surface area contributed by atoms with Crippen molar-refractivity contribution >= 4 is 50.9 Å². The SMILES string of the molecule is Clc1nsc(NCI)n1. The number of hydrogen-bond donors (Lipinski definition) is 1. The van der Waals surface area contributed by atoms with Crippen LogP contribution in [0, 0.1) is 0 Å². The highest BCUT2D eigenvalue weighted by Crippen LogP contribution is 2.13. The maximum absolute atomic E-state index is 5.44. The molecule has 1 heterocycles. The lowest BCUT2D eigenvalue weighted by molar-refractivity contribution is 1.30. The van der Waals surface area contributed by atoms with Crippen LogP contribution in [-0.4, -0.2) is 13.9 Å². The second kappa shape index (κ2) is 3.52. The van der Waals surface area contributed by atoms with E-state index in [1.54, 1.807) is 0 Å². The molecule has 3 nitrogen and oxygen atoms in total. The molecule has 6 heteroatoms. The number of alkyl halides is 1. The Balaban J connectivity index is 2.61. The van der Waals surface area contributed by atoms with Gasteiger partial charge in [0.15, 0.2) is 0 Å². The van der Waals surface area contributed by atoms with Gasteiger partial charge in [-0.15, -0.1) is 0 Å². The Morgan fingerprint density at radius 3 is 3.00 bits per heavy atom. The van der Waals surface area contributed by atoms with E-state index in [1.165, 1.54) is 11.5 Å². The van der Waals surface area contributed by atoms with Crippen LogP contribution in [-0.2, 0) is 0 Å². The molecule has 0 atom stereocenters. The Bertz CT molecular complexity index is 191. The van der Waals surface area contributed by atoms with Crippen molar-refractivity contribution in [2.24, 2.45) is 0 Å². The normalized spacial score (nSPS) is 9.56. The molecule has 0 saturated heterocycles. The van der Waals surface area contributed by atoms with Crippen molar-refractivity contribution in [1.82, 2.24) is 9.36 Å². The number of nitrogens with one attached hydrogen (secondary N) is 1. The molecule has 9 heavy (non-hydrogen) atoms. The summed E-state index contributed by atoms with van der Waals surface area (Å²) >= 11 is 8.89. The van der Waals surface area contributed by atoms with Crippen LogP contribution in [0.15, 0.2) is 0 Å². The van der Waals surface area contributed by atoms with E-state index in [0.717, 1.165) is 9.68 Å². The van der Waals surface area contributed by atoms with E-state index in [2.05, 4.69) is 37.3 Å². The number of rotatable bonds is 2. The summed E-state index contributed by atoms with van der Waals surface area (Å²) in [6.45, 7) is 0. The molecule has 0 aromatic carbocycles. The van der Waals surface area contributed by atoms with Gasteiger partial charge in [0.2, 0.25) is 10.4 Å². The maximum Gasteiger partial charge on any atom is 0.236 e. The average molecular weight is 276 g/mol. The van der Waals surface area contributed by atoms with E-state index < -0.39 is 0 Å². The third-order valence-electron chi connectivity index (χ3n) is 0.619. The molecule has 1 aromatic rings. The molecule has 0 spiro atoms. The lowest BCUT2D eigenvalue weighted by Gasteiger charge is -1.89. The number of nitrogens with zero attached hydrogens (tertiary/aromatic N) is 2. The Hall–Kier alpha value is 0.380. The van der Waals surface area contributed by atoms with Crippen LogP contribution in [0.5, 0.6) is 0 Å². The largest absolute Gasteiger partial charge is 0.351 e. The summed E-state index contributed by atoms with van der Waals surface area (Å²) in [5.41, 5.74) is 0. The summed E-state index contributed by atoms with van der Waals surface area (Å²) in [5.74, 6) is 0. The lowest BCUT2D eigenvalue weighted by atomic mass is 11.1. The summed E-state index contributed by atoms with van der Waals surface area (Å²) in [6, 6.07) is 0. The Morgan fingerprint density at radius 2 is 2.56 bits per heavy atom. The van der Waals surface area contributed by atoms with Crippen LogP contribution in [0.2, 0.25) is 5.28 Å². The van der Waals surface area contributed by atoms with Crippen molar-refractivity contribution in [2.75, 3.05) is 9.87 Å². The van der Waals surface area contributed by atoms with Crippen molar-refractivity contribution in [1.29, 1.82) is 0 Å². The fourth-order valence-corrected chi connectivity index (χ4v) is 1.66. The van der Waals surface area contributed by atoms with Crippen molar-refractivity contribution in [2.45, 2.75) is 0 Å². The molecular weight excluding hydrogens is 272 g/mol. The Labute approximate surface area is 75.1 Å². The zero-order chi connectivity index (χ0) is 6.69. The van der Waals surface area contributed by atoms with E-state index in [-0.39, 0.29) is 0 Å². The van der Waals surface area contributed by atoms with Gasteiger partial charge in [-0.25, -0.2) is 0 Å². The predicted molar refractivity (Wildman–Crippen MR) is 47.4 cm³/mol. The Kier molecular flexibility index (Phi) is 2.93. The molecule has 0 aliphatic heterocycles. The molecule has 0 unspecified atom stereocenters. The minimum atomic E-state index is 0.312. The van der Waals surface area contributed by atoms with Crippen molar-refractivity contribution < 1.29 is 0 Å². The first-order valence-corrected chi connectivity index (χ1v) is 4.79. The van der Waals surface area contributed by atoms with Crippen LogP contribution in [0.3, 0.4) is 0 Å². The van der Waals surface area contributed by atoms with Gasteiger partial charge < -0.3 is 5.32 Å². The second-order valence-corrected chi connectivity index (χ2v) is 3.03. The van der Waals surface area contributed by atoms with E-state index in [4.69, 9.17) is 11.6 Å². The van der Waals surface area contributed by atoms with Crippen LogP contribution in [0.4, 0.5) is 5.13 Å². The number of anilines is 1. The molecule has 1 rings (SSSR count). The van der Waals surface area contributed by atoms with Crippen LogP contribution in [0.1, 0.15) is 0 Å². The predicted octanol–water partition coefficient (Wildman–Crippen LogP) is 2.00. The fraction of sp³-hybridized carbons (Fsp3) is 0.333. The summed E-state index contributed by atoms with van der Waals surface area (Å²) in [4.78, 5) is 3.86. The first-order chi connectivity index (χ1) is 4.33. The molecule has 0 bridgehead atoms. The third-order valence-corrected chi connectivity index (χ3v) is 1.94. The van der Waals surface area contributed by atoms with Gasteiger partial charge in [0, 0.05) is 11.5 Å². The number of hydrogen-bond acceptors (Lipinski definition) is 4. The Morgan fingerprint density at radius 1 is 1.78 bits per heavy atom. The summed E-state index contributed by atoms with van der Waals surface area (Å²) in [5, 5.41) is 4.06.